The zero-order valence-corrected chi connectivity index (χ0v) is 13.0. The number of furan rings is 1. The molecular weight excluding hydrogens is 297 g/mol. The van der Waals surface area contributed by atoms with Crippen LogP contribution in [0, 0.1) is 0 Å². The predicted octanol–water partition coefficient (Wildman–Crippen LogP) is 3.09. The molecule has 0 amide bonds. The first-order valence-electron chi connectivity index (χ1n) is 6.41. The normalized spacial score (nSPS) is 11.8. The number of hydrogen-bond acceptors (Lipinski definition) is 2. The average Bonchev–Trinajstić information content (AvgIpc) is 2.88. The van der Waals surface area contributed by atoms with Gasteiger partial charge in [0, 0.05) is 10.6 Å². The van der Waals surface area contributed by atoms with Crippen molar-refractivity contribution in [2.45, 2.75) is 25.9 Å². The van der Waals surface area contributed by atoms with Gasteiger partial charge >= 0.3 is 0 Å². The quantitative estimate of drug-likeness (QED) is 0.891. The van der Waals surface area contributed by atoms with Gasteiger partial charge in [-0.2, -0.15) is 0 Å². The lowest BCUT2D eigenvalue weighted by molar-refractivity contribution is -0.738. The van der Waals surface area contributed by atoms with E-state index in [9.17, 15) is 5.11 Å². The number of aliphatic hydroxyl groups is 1. The van der Waals surface area contributed by atoms with E-state index in [1.54, 1.807) is 18.2 Å². The van der Waals surface area contributed by atoms with E-state index in [0.29, 0.717) is 22.4 Å². The zero-order chi connectivity index (χ0) is 14.8. The minimum absolute atomic E-state index is 0.112. The summed E-state index contributed by atoms with van der Waals surface area (Å²) >= 11 is 12.1. The lowest BCUT2D eigenvalue weighted by Gasteiger charge is -2.18. The van der Waals surface area contributed by atoms with Crippen molar-refractivity contribution >= 4 is 23.2 Å². The summed E-state index contributed by atoms with van der Waals surface area (Å²) in [6, 6.07) is 9.08. The van der Waals surface area contributed by atoms with Crippen molar-refractivity contribution in [1.82, 2.24) is 0 Å². The Balaban J connectivity index is 2.15. The van der Waals surface area contributed by atoms with E-state index >= 15 is 0 Å². The monoisotopic (exact) mass is 314 g/mol. The van der Waals surface area contributed by atoms with Gasteiger partial charge in [0.25, 0.3) is 0 Å². The van der Waals surface area contributed by atoms with Crippen molar-refractivity contribution < 1.29 is 14.8 Å². The molecule has 0 aliphatic rings. The molecule has 0 unspecified atom stereocenters. The summed E-state index contributed by atoms with van der Waals surface area (Å²) in [6.07, 6.45) is 0. The van der Waals surface area contributed by atoms with Crippen LogP contribution in [0.15, 0.2) is 34.7 Å². The minimum atomic E-state index is -0.222. The van der Waals surface area contributed by atoms with Crippen molar-refractivity contribution in [3.63, 3.8) is 0 Å². The molecule has 2 aromatic rings. The Labute approximate surface area is 128 Å². The maximum absolute atomic E-state index is 9.23. The van der Waals surface area contributed by atoms with Gasteiger partial charge in [-0.1, -0.05) is 23.2 Å². The van der Waals surface area contributed by atoms with Gasteiger partial charge in [-0.05, 0) is 44.2 Å². The van der Waals surface area contributed by atoms with E-state index in [-0.39, 0.29) is 12.1 Å². The molecule has 3 N–H and O–H groups in total. The first kappa shape index (κ1) is 15.4. The molecular formula is C15H18Cl2NO2+. The van der Waals surface area contributed by atoms with Crippen molar-refractivity contribution in [1.29, 1.82) is 0 Å². The molecule has 1 aromatic carbocycles. The zero-order valence-electron chi connectivity index (χ0n) is 11.5. The molecule has 0 spiro atoms. The molecule has 0 fully saturated rings. The van der Waals surface area contributed by atoms with Crippen LogP contribution in [0.3, 0.4) is 0 Å². The highest BCUT2D eigenvalue weighted by atomic mass is 35.5. The third-order valence-electron chi connectivity index (χ3n) is 3.12. The van der Waals surface area contributed by atoms with Crippen LogP contribution in [-0.2, 0) is 6.54 Å². The average molecular weight is 315 g/mol. The molecule has 0 saturated carbocycles. The highest BCUT2D eigenvalue weighted by Gasteiger charge is 2.20. The number of rotatable bonds is 5. The first-order chi connectivity index (χ1) is 9.41. The first-order valence-corrected chi connectivity index (χ1v) is 7.16. The second kappa shape index (κ2) is 6.19. The molecule has 0 saturated heterocycles. The lowest BCUT2D eigenvalue weighted by Crippen LogP contribution is -2.95. The fraction of sp³-hybridized carbons (Fsp3) is 0.333. The Morgan fingerprint density at radius 2 is 1.95 bits per heavy atom. The van der Waals surface area contributed by atoms with Crippen LogP contribution in [0.4, 0.5) is 0 Å². The third kappa shape index (κ3) is 3.76. The summed E-state index contributed by atoms with van der Waals surface area (Å²) in [6.45, 7) is 4.72. The second-order valence-electron chi connectivity index (χ2n) is 5.45. The van der Waals surface area contributed by atoms with Crippen molar-refractivity contribution in [3.05, 3.63) is 46.1 Å². The van der Waals surface area contributed by atoms with Gasteiger partial charge in [0.15, 0.2) is 5.76 Å². The highest BCUT2D eigenvalue weighted by Crippen LogP contribution is 2.31. The smallest absolute Gasteiger partial charge is 0.158 e. The summed E-state index contributed by atoms with van der Waals surface area (Å²) in [5, 5.41) is 12.5. The van der Waals surface area contributed by atoms with Gasteiger partial charge in [0.2, 0.25) is 0 Å². The van der Waals surface area contributed by atoms with Crippen LogP contribution in [-0.4, -0.2) is 17.3 Å². The largest absolute Gasteiger partial charge is 0.455 e. The van der Waals surface area contributed by atoms with Crippen LogP contribution in [0.2, 0.25) is 10.0 Å². The van der Waals surface area contributed by atoms with Crippen LogP contribution < -0.4 is 5.32 Å². The summed E-state index contributed by atoms with van der Waals surface area (Å²) in [5.41, 5.74) is 0.563. The van der Waals surface area contributed by atoms with Gasteiger partial charge in [-0.15, -0.1) is 0 Å². The highest BCUT2D eigenvalue weighted by molar-refractivity contribution is 6.35. The molecule has 0 aliphatic carbocycles. The van der Waals surface area contributed by atoms with E-state index < -0.39 is 0 Å². The fourth-order valence-corrected chi connectivity index (χ4v) is 2.14. The summed E-state index contributed by atoms with van der Waals surface area (Å²) in [4.78, 5) is 0. The summed E-state index contributed by atoms with van der Waals surface area (Å²) < 4.78 is 5.79. The number of halogens is 2. The maximum atomic E-state index is 9.23. The number of quaternary nitrogens is 1. The van der Waals surface area contributed by atoms with E-state index in [0.717, 1.165) is 11.3 Å². The Hall–Kier alpha value is -1.00. The Bertz CT molecular complexity index is 593. The second-order valence-corrected chi connectivity index (χ2v) is 6.29. The number of hydrogen-bond donors (Lipinski definition) is 2. The molecule has 3 nitrogen and oxygen atoms in total. The lowest BCUT2D eigenvalue weighted by atomic mass is 10.1. The molecule has 5 heteroatoms. The Kier molecular flexibility index (Phi) is 4.76. The van der Waals surface area contributed by atoms with Gasteiger partial charge in [-0.25, -0.2) is 0 Å². The Morgan fingerprint density at radius 3 is 2.65 bits per heavy atom. The third-order valence-corrected chi connectivity index (χ3v) is 3.68. The molecule has 1 heterocycles. The maximum Gasteiger partial charge on any atom is 0.158 e. The summed E-state index contributed by atoms with van der Waals surface area (Å²) in [7, 11) is 0. The molecule has 2 rings (SSSR count). The van der Waals surface area contributed by atoms with Gasteiger partial charge in [0.1, 0.15) is 17.8 Å². The van der Waals surface area contributed by atoms with Crippen LogP contribution in [0.1, 0.15) is 19.6 Å². The topological polar surface area (TPSA) is 50.0 Å². The van der Waals surface area contributed by atoms with E-state index in [4.69, 9.17) is 27.6 Å². The predicted molar refractivity (Wildman–Crippen MR) is 81.0 cm³/mol. The SMILES string of the molecule is CC(C)(CO)[NH2+]Cc1ccc(-c2cc(Cl)ccc2Cl)o1. The van der Waals surface area contributed by atoms with Crippen LogP contribution >= 0.6 is 23.2 Å². The van der Waals surface area contributed by atoms with Crippen molar-refractivity contribution in [2.75, 3.05) is 6.61 Å². The molecule has 0 bridgehead atoms. The number of benzene rings is 1. The number of aliphatic hydroxyl groups excluding tert-OH is 1. The molecule has 0 aliphatic heterocycles. The fourth-order valence-electron chi connectivity index (χ4n) is 1.76. The van der Waals surface area contributed by atoms with E-state index in [1.165, 1.54) is 0 Å². The Morgan fingerprint density at radius 1 is 1.20 bits per heavy atom. The van der Waals surface area contributed by atoms with E-state index in [2.05, 4.69) is 0 Å². The van der Waals surface area contributed by atoms with Gasteiger partial charge < -0.3 is 14.8 Å². The summed E-state index contributed by atoms with van der Waals surface area (Å²) in [5.74, 6) is 1.53. The van der Waals surface area contributed by atoms with E-state index in [1.807, 2.05) is 31.3 Å². The van der Waals surface area contributed by atoms with Gasteiger partial charge in [-0.3, -0.25) is 0 Å². The van der Waals surface area contributed by atoms with Crippen molar-refractivity contribution in [3.8, 4) is 11.3 Å². The molecule has 108 valence electrons. The molecule has 0 radical (unpaired) electrons. The number of nitrogens with two attached hydrogens (primary N) is 1. The van der Waals surface area contributed by atoms with Crippen molar-refractivity contribution in [2.24, 2.45) is 0 Å². The molecule has 1 aromatic heterocycles. The minimum Gasteiger partial charge on any atom is -0.455 e. The molecule has 20 heavy (non-hydrogen) atoms. The van der Waals surface area contributed by atoms with Gasteiger partial charge in [0.05, 0.1) is 11.6 Å². The van der Waals surface area contributed by atoms with Crippen LogP contribution in [0.5, 0.6) is 0 Å². The standard InChI is InChI=1S/C15H17Cl2NO2/c1-15(2,9-19)18-8-11-4-6-14(20-11)12-7-10(16)3-5-13(12)17/h3-7,18-19H,8-9H2,1-2H3/p+1. The molecule has 0 atom stereocenters. The van der Waals surface area contributed by atoms with Crippen LogP contribution in [0.25, 0.3) is 11.3 Å².